The van der Waals surface area contributed by atoms with Crippen molar-refractivity contribution in [3.63, 3.8) is 0 Å². The summed E-state index contributed by atoms with van der Waals surface area (Å²) in [5, 5.41) is 6.93. The summed E-state index contributed by atoms with van der Waals surface area (Å²) in [7, 11) is 1.61. The Morgan fingerprint density at radius 3 is 2.79 bits per heavy atom. The normalized spacial score (nSPS) is 12.2. The van der Waals surface area contributed by atoms with Gasteiger partial charge in [0.2, 0.25) is 6.79 Å². The molecule has 0 saturated carbocycles. The maximum atomic E-state index is 11.8. The number of nitrogens with zero attached hydrogens (tertiary/aromatic N) is 1. The van der Waals surface area contributed by atoms with Crippen LogP contribution in [-0.2, 0) is 4.79 Å². The highest BCUT2D eigenvalue weighted by Crippen LogP contribution is 2.31. The second-order valence-electron chi connectivity index (χ2n) is 4.99. The zero-order chi connectivity index (χ0) is 16.8. The molecule has 0 aromatic heterocycles. The molecule has 0 bridgehead atoms. The molecule has 0 saturated heterocycles. The van der Waals surface area contributed by atoms with Crippen LogP contribution in [0.1, 0.15) is 5.56 Å². The van der Waals surface area contributed by atoms with E-state index in [2.05, 4.69) is 15.8 Å². The molecule has 0 radical (unpaired) electrons. The van der Waals surface area contributed by atoms with Crippen molar-refractivity contribution < 1.29 is 19.0 Å². The highest BCUT2D eigenvalue weighted by atomic mass is 16.7. The third-order valence-corrected chi connectivity index (χ3v) is 3.34. The molecule has 2 N–H and O–H groups in total. The first-order chi connectivity index (χ1) is 11.7. The number of rotatable bonds is 6. The fourth-order valence-electron chi connectivity index (χ4n) is 2.10. The molecule has 1 aliphatic rings. The monoisotopic (exact) mass is 327 g/mol. The molecule has 2 aromatic carbocycles. The summed E-state index contributed by atoms with van der Waals surface area (Å²) in [5.74, 6) is 1.90. The van der Waals surface area contributed by atoms with E-state index in [0.717, 1.165) is 17.0 Å². The molecule has 0 atom stereocenters. The number of carbonyl (C=O) groups excluding carboxylic acids is 1. The van der Waals surface area contributed by atoms with E-state index in [4.69, 9.17) is 14.2 Å². The molecule has 0 fully saturated rings. The summed E-state index contributed by atoms with van der Waals surface area (Å²) in [6, 6.07) is 12.7. The van der Waals surface area contributed by atoms with Crippen LogP contribution in [0.5, 0.6) is 17.2 Å². The number of fused-ring (bicyclic) bond motifs is 1. The van der Waals surface area contributed by atoms with E-state index in [9.17, 15) is 4.79 Å². The number of ether oxygens (including phenoxy) is 3. The van der Waals surface area contributed by atoms with Crippen molar-refractivity contribution in [3.8, 4) is 17.2 Å². The molecule has 0 unspecified atom stereocenters. The number of nitrogens with one attached hydrogen (secondary N) is 2. The number of benzene rings is 2. The number of hydrazone groups is 1. The Labute approximate surface area is 139 Å². The number of amides is 1. The quantitative estimate of drug-likeness (QED) is 0.626. The van der Waals surface area contributed by atoms with Gasteiger partial charge in [-0.25, -0.2) is 5.43 Å². The van der Waals surface area contributed by atoms with Crippen LogP contribution in [0, 0.1) is 0 Å². The predicted molar refractivity (Wildman–Crippen MR) is 89.8 cm³/mol. The Hall–Kier alpha value is -3.22. The van der Waals surface area contributed by atoms with Crippen LogP contribution in [0.3, 0.4) is 0 Å². The van der Waals surface area contributed by atoms with Crippen molar-refractivity contribution in [2.24, 2.45) is 5.10 Å². The van der Waals surface area contributed by atoms with Crippen LogP contribution >= 0.6 is 0 Å². The molecule has 3 rings (SSSR count). The minimum Gasteiger partial charge on any atom is -0.497 e. The molecular weight excluding hydrogens is 310 g/mol. The highest BCUT2D eigenvalue weighted by molar-refractivity contribution is 5.84. The van der Waals surface area contributed by atoms with Crippen LogP contribution in [0.4, 0.5) is 5.69 Å². The molecule has 1 heterocycles. The summed E-state index contributed by atoms with van der Waals surface area (Å²) in [6.45, 7) is 0.342. The second-order valence-corrected chi connectivity index (χ2v) is 4.99. The Bertz CT molecular complexity index is 744. The van der Waals surface area contributed by atoms with E-state index in [1.54, 1.807) is 25.5 Å². The van der Waals surface area contributed by atoms with Crippen LogP contribution < -0.4 is 25.0 Å². The van der Waals surface area contributed by atoms with Crippen molar-refractivity contribution in [2.45, 2.75) is 0 Å². The molecule has 7 nitrogen and oxygen atoms in total. The number of carbonyl (C=O) groups is 1. The van der Waals surface area contributed by atoms with Gasteiger partial charge in [-0.15, -0.1) is 0 Å². The van der Waals surface area contributed by atoms with Gasteiger partial charge in [-0.05, 0) is 48.0 Å². The second kappa shape index (κ2) is 7.36. The van der Waals surface area contributed by atoms with E-state index in [0.29, 0.717) is 11.5 Å². The van der Waals surface area contributed by atoms with Gasteiger partial charge in [-0.1, -0.05) is 0 Å². The Kier molecular flexibility index (Phi) is 4.81. The van der Waals surface area contributed by atoms with Crippen molar-refractivity contribution in [1.82, 2.24) is 5.43 Å². The summed E-state index contributed by atoms with van der Waals surface area (Å²) in [6.07, 6.45) is 1.55. The van der Waals surface area contributed by atoms with Crippen LogP contribution in [0.25, 0.3) is 0 Å². The Morgan fingerprint density at radius 2 is 2.00 bits per heavy atom. The molecule has 124 valence electrons. The van der Waals surface area contributed by atoms with Crippen LogP contribution in [0.15, 0.2) is 47.6 Å². The lowest BCUT2D eigenvalue weighted by Crippen LogP contribution is -2.25. The van der Waals surface area contributed by atoms with E-state index in [1.165, 1.54) is 0 Å². The maximum absolute atomic E-state index is 11.8. The first kappa shape index (κ1) is 15.7. The minimum absolute atomic E-state index is 0.116. The van der Waals surface area contributed by atoms with Gasteiger partial charge in [0.05, 0.1) is 19.9 Å². The number of hydrogen-bond donors (Lipinski definition) is 2. The van der Waals surface area contributed by atoms with Crippen molar-refractivity contribution in [3.05, 3.63) is 48.0 Å². The molecule has 0 aliphatic carbocycles. The molecule has 1 aliphatic heterocycles. The minimum atomic E-state index is -0.247. The van der Waals surface area contributed by atoms with E-state index < -0.39 is 0 Å². The average molecular weight is 327 g/mol. The first-order valence-corrected chi connectivity index (χ1v) is 7.34. The summed E-state index contributed by atoms with van der Waals surface area (Å²) in [5.41, 5.74) is 4.10. The molecule has 7 heteroatoms. The van der Waals surface area contributed by atoms with Crippen molar-refractivity contribution >= 4 is 17.8 Å². The standard InChI is InChI=1S/C17H17N3O4/c1-22-14-5-3-13(4-6-14)18-10-17(21)20-19-9-12-2-7-15-16(8-12)24-11-23-15/h2-9,18H,10-11H2,1H3,(H,20,21)/b19-9+. The molecular formula is C17H17N3O4. The summed E-state index contributed by atoms with van der Waals surface area (Å²) < 4.78 is 15.6. The largest absolute Gasteiger partial charge is 0.497 e. The lowest BCUT2D eigenvalue weighted by atomic mass is 10.2. The zero-order valence-corrected chi connectivity index (χ0v) is 13.1. The Balaban J connectivity index is 1.46. The molecule has 1 amide bonds. The van der Waals surface area contributed by atoms with E-state index in [1.807, 2.05) is 30.3 Å². The van der Waals surface area contributed by atoms with Crippen LogP contribution in [-0.4, -0.2) is 32.6 Å². The number of anilines is 1. The van der Waals surface area contributed by atoms with Gasteiger partial charge in [0.1, 0.15) is 5.75 Å². The van der Waals surface area contributed by atoms with Gasteiger partial charge in [-0.2, -0.15) is 5.10 Å². The van der Waals surface area contributed by atoms with E-state index in [-0.39, 0.29) is 19.2 Å². The van der Waals surface area contributed by atoms with Gasteiger partial charge >= 0.3 is 0 Å². The lowest BCUT2D eigenvalue weighted by molar-refractivity contribution is -0.119. The van der Waals surface area contributed by atoms with Crippen molar-refractivity contribution in [1.29, 1.82) is 0 Å². The van der Waals surface area contributed by atoms with Gasteiger partial charge in [0.15, 0.2) is 11.5 Å². The first-order valence-electron chi connectivity index (χ1n) is 7.34. The zero-order valence-electron chi connectivity index (χ0n) is 13.1. The molecule has 24 heavy (non-hydrogen) atoms. The lowest BCUT2D eigenvalue weighted by Gasteiger charge is -2.06. The molecule has 0 spiro atoms. The fourth-order valence-corrected chi connectivity index (χ4v) is 2.10. The van der Waals surface area contributed by atoms with Gasteiger partial charge < -0.3 is 19.5 Å². The number of hydrogen-bond acceptors (Lipinski definition) is 6. The number of methoxy groups -OCH3 is 1. The highest BCUT2D eigenvalue weighted by Gasteiger charge is 2.12. The fraction of sp³-hybridized carbons (Fsp3) is 0.176. The van der Waals surface area contributed by atoms with E-state index >= 15 is 0 Å². The van der Waals surface area contributed by atoms with Gasteiger partial charge in [0, 0.05) is 5.69 Å². The maximum Gasteiger partial charge on any atom is 0.259 e. The summed E-state index contributed by atoms with van der Waals surface area (Å²) in [4.78, 5) is 11.8. The Morgan fingerprint density at radius 1 is 1.21 bits per heavy atom. The smallest absolute Gasteiger partial charge is 0.259 e. The van der Waals surface area contributed by atoms with Crippen molar-refractivity contribution in [2.75, 3.05) is 25.8 Å². The predicted octanol–water partition coefficient (Wildman–Crippen LogP) is 1.99. The summed E-state index contributed by atoms with van der Waals surface area (Å²) >= 11 is 0. The average Bonchev–Trinajstić information content (AvgIpc) is 3.08. The third kappa shape index (κ3) is 3.95. The topological polar surface area (TPSA) is 81.2 Å². The third-order valence-electron chi connectivity index (χ3n) is 3.34. The van der Waals surface area contributed by atoms with Gasteiger partial charge in [-0.3, -0.25) is 4.79 Å². The van der Waals surface area contributed by atoms with Crippen LogP contribution in [0.2, 0.25) is 0 Å². The molecule has 2 aromatic rings. The van der Waals surface area contributed by atoms with Gasteiger partial charge in [0.25, 0.3) is 5.91 Å². The SMILES string of the molecule is COc1ccc(NCC(=O)N/N=C/c2ccc3c(c2)OCO3)cc1.